The van der Waals surface area contributed by atoms with Crippen molar-refractivity contribution in [3.63, 3.8) is 0 Å². The number of hydrogen-bond donors (Lipinski definition) is 2. The molecule has 5 aromatic rings. The number of halogens is 1. The first-order valence-electron chi connectivity index (χ1n) is 15.5. The number of nitrogens with zero attached hydrogens (tertiary/aromatic N) is 4. The van der Waals surface area contributed by atoms with Crippen LogP contribution in [-0.2, 0) is 13.0 Å². The van der Waals surface area contributed by atoms with Crippen molar-refractivity contribution in [2.75, 3.05) is 25.0 Å². The number of aliphatic imine (C=N–C) groups is 1. The lowest BCUT2D eigenvalue weighted by Gasteiger charge is -2.26. The van der Waals surface area contributed by atoms with Crippen molar-refractivity contribution < 1.29 is 9.84 Å². The first-order valence-corrected chi connectivity index (χ1v) is 16.2. The van der Waals surface area contributed by atoms with E-state index in [1.165, 1.54) is 32.4 Å². The van der Waals surface area contributed by atoms with Gasteiger partial charge in [-0.3, -0.25) is 4.99 Å². The molecule has 2 aliphatic heterocycles. The van der Waals surface area contributed by atoms with Gasteiger partial charge in [0.25, 0.3) is 0 Å². The molecule has 3 heterocycles. The van der Waals surface area contributed by atoms with Gasteiger partial charge in [0.15, 0.2) is 6.23 Å². The van der Waals surface area contributed by atoms with Crippen molar-refractivity contribution in [1.29, 1.82) is 0 Å². The molecule has 1 atom stereocenters. The van der Waals surface area contributed by atoms with Crippen LogP contribution in [0, 0.1) is 0 Å². The number of rotatable bonds is 9. The van der Waals surface area contributed by atoms with Gasteiger partial charge in [0.1, 0.15) is 17.3 Å². The molecule has 0 spiro atoms. The molecule has 0 saturated carbocycles. The van der Waals surface area contributed by atoms with Crippen LogP contribution in [0.4, 0.5) is 11.4 Å². The molecule has 1 unspecified atom stereocenters. The van der Waals surface area contributed by atoms with Gasteiger partial charge in [-0.05, 0) is 105 Å². The lowest BCUT2D eigenvalue weighted by molar-refractivity contribution is 0.223. The molecule has 0 amide bonds. The molecule has 4 aromatic carbocycles. The van der Waals surface area contributed by atoms with Crippen LogP contribution in [0.15, 0.2) is 100 Å². The molecule has 0 aliphatic carbocycles. The standard InChI is InChI=1S/C36H36BrN5O2/c37-27-12-16-29(17-13-27)44-28-14-10-26(11-15-28)35-39-32-23-30-31(38-33(36(43)40-30)22-25-8-3-1-4-9-25)24-34(32)42(35)21-7-20-41-18-5-2-6-19-41/h1,3-4,8-17,23-24,36,40,43H,2,5-7,18-22H2. The number of fused-ring (bicyclic) bond motifs is 2. The molecule has 2 N–H and O–H groups in total. The molecule has 7 nitrogen and oxygen atoms in total. The number of benzene rings is 4. The average molecular weight is 651 g/mol. The highest BCUT2D eigenvalue weighted by Crippen LogP contribution is 2.37. The van der Waals surface area contributed by atoms with Gasteiger partial charge in [0.2, 0.25) is 0 Å². The van der Waals surface area contributed by atoms with E-state index in [0.29, 0.717) is 12.1 Å². The van der Waals surface area contributed by atoms with E-state index in [1.807, 2.05) is 60.7 Å². The van der Waals surface area contributed by atoms with E-state index in [2.05, 4.69) is 61.0 Å². The maximum atomic E-state index is 10.9. The fourth-order valence-electron chi connectivity index (χ4n) is 6.15. The van der Waals surface area contributed by atoms with Gasteiger partial charge in [-0.15, -0.1) is 0 Å². The number of ether oxygens (including phenoxy) is 1. The number of imidazole rings is 1. The van der Waals surface area contributed by atoms with Crippen LogP contribution in [0.1, 0.15) is 31.2 Å². The topological polar surface area (TPSA) is 74.9 Å². The molecule has 1 saturated heterocycles. The molecule has 0 radical (unpaired) electrons. The van der Waals surface area contributed by atoms with Crippen molar-refractivity contribution in [3.05, 3.63) is 101 Å². The third kappa shape index (κ3) is 6.43. The largest absolute Gasteiger partial charge is 0.457 e. The molecule has 7 rings (SSSR count). The predicted octanol–water partition coefficient (Wildman–Crippen LogP) is 8.19. The van der Waals surface area contributed by atoms with E-state index >= 15 is 0 Å². The van der Waals surface area contributed by atoms with Crippen LogP contribution in [0.3, 0.4) is 0 Å². The SMILES string of the molecule is OC1Nc2cc3nc(-c4ccc(Oc5ccc(Br)cc5)cc4)n(CCCN4CCCCC4)c3cc2N=C1Cc1ccccc1. The molecular weight excluding hydrogens is 614 g/mol. The Labute approximate surface area is 266 Å². The molecule has 1 aromatic heterocycles. The fourth-order valence-corrected chi connectivity index (χ4v) is 6.41. The lowest BCUT2D eigenvalue weighted by atomic mass is 10.1. The van der Waals surface area contributed by atoms with E-state index in [4.69, 9.17) is 14.7 Å². The highest BCUT2D eigenvalue weighted by molar-refractivity contribution is 9.10. The second-order valence-corrected chi connectivity index (χ2v) is 12.5. The monoisotopic (exact) mass is 649 g/mol. The summed E-state index contributed by atoms with van der Waals surface area (Å²) in [5.74, 6) is 2.49. The third-order valence-electron chi connectivity index (χ3n) is 8.43. The summed E-state index contributed by atoms with van der Waals surface area (Å²) in [7, 11) is 0. The smallest absolute Gasteiger partial charge is 0.164 e. The van der Waals surface area contributed by atoms with E-state index < -0.39 is 6.23 Å². The molecular formula is C36H36BrN5O2. The van der Waals surface area contributed by atoms with Crippen LogP contribution in [0.5, 0.6) is 11.5 Å². The molecule has 44 heavy (non-hydrogen) atoms. The van der Waals surface area contributed by atoms with E-state index in [0.717, 1.165) is 74.8 Å². The minimum atomic E-state index is -0.843. The molecule has 8 heteroatoms. The summed E-state index contributed by atoms with van der Waals surface area (Å²) in [6.45, 7) is 4.32. The Bertz CT molecular complexity index is 1760. The maximum Gasteiger partial charge on any atom is 0.164 e. The number of anilines is 1. The summed E-state index contributed by atoms with van der Waals surface area (Å²) in [5.41, 5.74) is 6.42. The zero-order chi connectivity index (χ0) is 29.9. The Morgan fingerprint density at radius 3 is 2.34 bits per heavy atom. The number of aryl methyl sites for hydroxylation is 1. The molecule has 0 bridgehead atoms. The number of likely N-dealkylation sites (tertiary alicyclic amines) is 1. The van der Waals surface area contributed by atoms with Gasteiger partial charge in [-0.2, -0.15) is 0 Å². The van der Waals surface area contributed by atoms with Crippen LogP contribution in [0.25, 0.3) is 22.4 Å². The highest BCUT2D eigenvalue weighted by Gasteiger charge is 2.23. The Balaban J connectivity index is 1.21. The van der Waals surface area contributed by atoms with E-state index in [9.17, 15) is 5.11 Å². The number of hydrogen-bond acceptors (Lipinski definition) is 6. The Kier molecular flexibility index (Phi) is 8.46. The zero-order valence-electron chi connectivity index (χ0n) is 24.6. The van der Waals surface area contributed by atoms with Crippen molar-refractivity contribution >= 4 is 44.0 Å². The second kappa shape index (κ2) is 12.9. The summed E-state index contributed by atoms with van der Waals surface area (Å²) in [6, 6.07) is 30.3. The van der Waals surface area contributed by atoms with E-state index in [-0.39, 0.29) is 0 Å². The van der Waals surface area contributed by atoms with Crippen LogP contribution < -0.4 is 10.1 Å². The predicted molar refractivity (Wildman–Crippen MR) is 181 cm³/mol. The van der Waals surface area contributed by atoms with Gasteiger partial charge >= 0.3 is 0 Å². The van der Waals surface area contributed by atoms with Crippen LogP contribution >= 0.6 is 15.9 Å². The van der Waals surface area contributed by atoms with Crippen LogP contribution in [0.2, 0.25) is 0 Å². The summed E-state index contributed by atoms with van der Waals surface area (Å²) < 4.78 is 9.43. The molecule has 224 valence electrons. The van der Waals surface area contributed by atoms with Gasteiger partial charge in [0.05, 0.1) is 28.1 Å². The number of piperidine rings is 1. The highest BCUT2D eigenvalue weighted by atomic mass is 79.9. The Morgan fingerprint density at radius 1 is 0.864 bits per heavy atom. The van der Waals surface area contributed by atoms with Crippen LogP contribution in [-0.4, -0.2) is 51.1 Å². The fraction of sp³-hybridized carbons (Fsp3) is 0.278. The van der Waals surface area contributed by atoms with Gasteiger partial charge < -0.3 is 24.6 Å². The second-order valence-electron chi connectivity index (χ2n) is 11.6. The zero-order valence-corrected chi connectivity index (χ0v) is 26.2. The minimum Gasteiger partial charge on any atom is -0.457 e. The number of nitrogens with one attached hydrogen (secondary N) is 1. The van der Waals surface area contributed by atoms with Gasteiger partial charge in [-0.25, -0.2) is 4.98 Å². The molecule has 2 aliphatic rings. The lowest BCUT2D eigenvalue weighted by Crippen LogP contribution is -2.32. The first kappa shape index (κ1) is 28.8. The summed E-state index contributed by atoms with van der Waals surface area (Å²) in [4.78, 5) is 12.7. The van der Waals surface area contributed by atoms with E-state index in [1.54, 1.807) is 0 Å². The van der Waals surface area contributed by atoms with Crippen molar-refractivity contribution in [2.24, 2.45) is 4.99 Å². The summed E-state index contributed by atoms with van der Waals surface area (Å²) in [6.07, 6.45) is 4.71. The van der Waals surface area contributed by atoms with Crippen molar-refractivity contribution in [1.82, 2.24) is 14.5 Å². The number of aromatic nitrogens is 2. The minimum absolute atomic E-state index is 0.585. The van der Waals surface area contributed by atoms with Crippen molar-refractivity contribution in [2.45, 2.75) is 44.9 Å². The Morgan fingerprint density at radius 2 is 1.59 bits per heavy atom. The van der Waals surface area contributed by atoms with Gasteiger partial charge in [-0.1, -0.05) is 52.7 Å². The number of aliphatic hydroxyl groups is 1. The Hall–Kier alpha value is -3.98. The first-order chi connectivity index (χ1) is 21.6. The quantitative estimate of drug-likeness (QED) is 0.168. The maximum absolute atomic E-state index is 10.9. The third-order valence-corrected chi connectivity index (χ3v) is 8.96. The van der Waals surface area contributed by atoms with Crippen molar-refractivity contribution in [3.8, 4) is 22.9 Å². The number of aliphatic hydroxyl groups excluding tert-OH is 1. The molecule has 1 fully saturated rings. The normalized spacial score (nSPS) is 16.8. The average Bonchev–Trinajstić information content (AvgIpc) is 3.40. The summed E-state index contributed by atoms with van der Waals surface area (Å²) in [5, 5.41) is 14.1. The summed E-state index contributed by atoms with van der Waals surface area (Å²) >= 11 is 3.48. The van der Waals surface area contributed by atoms with Gasteiger partial charge in [0, 0.05) is 23.0 Å².